The van der Waals surface area contributed by atoms with Crippen LogP contribution in [0, 0.1) is 0 Å². The Labute approximate surface area is 83.6 Å². The molecule has 3 N–H and O–H groups in total. The molecule has 0 bridgehead atoms. The van der Waals surface area contributed by atoms with Crippen LogP contribution in [0.2, 0.25) is 0 Å². The summed E-state index contributed by atoms with van der Waals surface area (Å²) < 4.78 is 5.44. The van der Waals surface area contributed by atoms with E-state index >= 15 is 0 Å². The van der Waals surface area contributed by atoms with Gasteiger partial charge in [-0.15, -0.1) is 0 Å². The standard InChI is InChI=1S/C9H17N3O2/c13-9(12-7-1-2-7)11-6-8-5-10-3-4-14-8/h7-8,10H,1-6H2,(H2,11,12,13). The molecular formula is C9H17N3O2. The van der Waals surface area contributed by atoms with Crippen LogP contribution in [-0.4, -0.2) is 44.4 Å². The topological polar surface area (TPSA) is 62.4 Å². The van der Waals surface area contributed by atoms with Crippen molar-refractivity contribution in [2.45, 2.75) is 25.0 Å². The molecule has 1 unspecified atom stereocenters. The smallest absolute Gasteiger partial charge is 0.315 e. The van der Waals surface area contributed by atoms with E-state index in [4.69, 9.17) is 4.74 Å². The van der Waals surface area contributed by atoms with Crippen molar-refractivity contribution in [1.82, 2.24) is 16.0 Å². The van der Waals surface area contributed by atoms with Gasteiger partial charge in [0.05, 0.1) is 12.7 Å². The zero-order valence-electron chi connectivity index (χ0n) is 8.21. The lowest BCUT2D eigenvalue weighted by atomic mass is 10.3. The summed E-state index contributed by atoms with van der Waals surface area (Å²) in [6, 6.07) is 0.349. The first-order chi connectivity index (χ1) is 6.84. The minimum Gasteiger partial charge on any atom is -0.374 e. The highest BCUT2D eigenvalue weighted by Crippen LogP contribution is 2.18. The molecule has 0 aromatic rings. The summed E-state index contributed by atoms with van der Waals surface area (Å²) >= 11 is 0. The van der Waals surface area contributed by atoms with Crippen LogP contribution in [0.25, 0.3) is 0 Å². The number of urea groups is 1. The Morgan fingerprint density at radius 1 is 1.50 bits per heavy atom. The number of carbonyl (C=O) groups excluding carboxylic acids is 1. The third-order valence-electron chi connectivity index (χ3n) is 2.41. The first kappa shape index (κ1) is 9.73. The summed E-state index contributed by atoms with van der Waals surface area (Å²) in [6.07, 6.45) is 2.36. The molecule has 0 radical (unpaired) electrons. The van der Waals surface area contributed by atoms with E-state index in [-0.39, 0.29) is 12.1 Å². The normalized spacial score (nSPS) is 27.0. The molecule has 1 saturated heterocycles. The number of ether oxygens (including phenoxy) is 1. The van der Waals surface area contributed by atoms with E-state index in [0.717, 1.165) is 32.5 Å². The van der Waals surface area contributed by atoms with Crippen LogP contribution in [0.3, 0.4) is 0 Å². The van der Waals surface area contributed by atoms with Crippen molar-refractivity contribution in [3.63, 3.8) is 0 Å². The van der Waals surface area contributed by atoms with Gasteiger partial charge in [0.15, 0.2) is 0 Å². The molecule has 0 spiro atoms. The minimum atomic E-state index is -0.0679. The molecule has 2 rings (SSSR count). The van der Waals surface area contributed by atoms with Gasteiger partial charge >= 0.3 is 6.03 Å². The van der Waals surface area contributed by atoms with Crippen LogP contribution < -0.4 is 16.0 Å². The molecule has 2 fully saturated rings. The zero-order chi connectivity index (χ0) is 9.80. The number of nitrogens with one attached hydrogen (secondary N) is 3. The van der Waals surface area contributed by atoms with Crippen LogP contribution >= 0.6 is 0 Å². The predicted molar refractivity (Wildman–Crippen MR) is 52.2 cm³/mol. The number of hydrogen-bond acceptors (Lipinski definition) is 3. The fraction of sp³-hybridized carbons (Fsp3) is 0.889. The Morgan fingerprint density at radius 3 is 3.00 bits per heavy atom. The van der Waals surface area contributed by atoms with Crippen molar-refractivity contribution in [2.75, 3.05) is 26.2 Å². The highest BCUT2D eigenvalue weighted by Gasteiger charge is 2.23. The summed E-state index contributed by atoms with van der Waals surface area (Å²) in [5.74, 6) is 0. The Morgan fingerprint density at radius 2 is 2.36 bits per heavy atom. The Kier molecular flexibility index (Phi) is 3.21. The molecule has 5 nitrogen and oxygen atoms in total. The van der Waals surface area contributed by atoms with Gasteiger partial charge in [-0.3, -0.25) is 0 Å². The molecule has 2 amide bonds. The highest BCUT2D eigenvalue weighted by atomic mass is 16.5. The van der Waals surface area contributed by atoms with Crippen molar-refractivity contribution < 1.29 is 9.53 Å². The number of morpholine rings is 1. The highest BCUT2D eigenvalue weighted by molar-refractivity contribution is 5.74. The first-order valence-corrected chi connectivity index (χ1v) is 5.21. The van der Waals surface area contributed by atoms with Crippen molar-refractivity contribution in [1.29, 1.82) is 0 Å². The van der Waals surface area contributed by atoms with Gasteiger partial charge in [0, 0.05) is 25.7 Å². The molecule has 5 heteroatoms. The molecule has 0 aromatic carbocycles. The van der Waals surface area contributed by atoms with Crippen molar-refractivity contribution in [3.8, 4) is 0 Å². The summed E-state index contributed by atoms with van der Waals surface area (Å²) in [6.45, 7) is 3.05. The average Bonchev–Trinajstić information content (AvgIpc) is 3.00. The number of hydrogen-bond donors (Lipinski definition) is 3. The molecule has 1 saturated carbocycles. The fourth-order valence-electron chi connectivity index (χ4n) is 1.42. The largest absolute Gasteiger partial charge is 0.374 e. The number of amides is 2. The Balaban J connectivity index is 1.57. The first-order valence-electron chi connectivity index (χ1n) is 5.21. The van der Waals surface area contributed by atoms with E-state index in [1.807, 2.05) is 0 Å². The van der Waals surface area contributed by atoms with Gasteiger partial charge in [-0.05, 0) is 12.8 Å². The maximum Gasteiger partial charge on any atom is 0.315 e. The fourth-order valence-corrected chi connectivity index (χ4v) is 1.42. The van der Waals surface area contributed by atoms with Gasteiger partial charge in [-0.25, -0.2) is 4.79 Å². The second-order valence-corrected chi connectivity index (χ2v) is 3.83. The zero-order valence-corrected chi connectivity index (χ0v) is 8.21. The molecule has 14 heavy (non-hydrogen) atoms. The van der Waals surface area contributed by atoms with Crippen LogP contribution in [0.1, 0.15) is 12.8 Å². The quantitative estimate of drug-likeness (QED) is 0.571. The van der Waals surface area contributed by atoms with Gasteiger partial charge in [0.1, 0.15) is 0 Å². The van der Waals surface area contributed by atoms with Crippen molar-refractivity contribution in [2.24, 2.45) is 0 Å². The lowest BCUT2D eigenvalue weighted by Gasteiger charge is -2.23. The lowest BCUT2D eigenvalue weighted by Crippen LogP contribution is -2.47. The predicted octanol–water partition coefficient (Wildman–Crippen LogP) is -0.564. The van der Waals surface area contributed by atoms with Crippen molar-refractivity contribution in [3.05, 3.63) is 0 Å². The SMILES string of the molecule is O=C(NCC1CNCCO1)NC1CC1. The van der Waals surface area contributed by atoms with Gasteiger partial charge in [0.25, 0.3) is 0 Å². The third kappa shape index (κ3) is 3.16. The third-order valence-corrected chi connectivity index (χ3v) is 2.41. The minimum absolute atomic E-state index is 0.0679. The maximum atomic E-state index is 11.2. The van der Waals surface area contributed by atoms with Crippen LogP contribution in [-0.2, 0) is 4.74 Å². The maximum absolute atomic E-state index is 11.2. The molecule has 1 aliphatic heterocycles. The Bertz CT molecular complexity index is 200. The van der Waals surface area contributed by atoms with Crippen molar-refractivity contribution >= 4 is 6.03 Å². The molecular weight excluding hydrogens is 182 g/mol. The van der Waals surface area contributed by atoms with E-state index in [1.165, 1.54) is 0 Å². The van der Waals surface area contributed by atoms with Gasteiger partial charge in [-0.2, -0.15) is 0 Å². The molecule has 1 aliphatic carbocycles. The van der Waals surface area contributed by atoms with Gasteiger partial charge in [-0.1, -0.05) is 0 Å². The molecule has 0 aromatic heterocycles. The average molecular weight is 199 g/mol. The summed E-state index contributed by atoms with van der Waals surface area (Å²) in [7, 11) is 0. The Hall–Kier alpha value is -0.810. The van der Waals surface area contributed by atoms with E-state index in [2.05, 4.69) is 16.0 Å². The van der Waals surface area contributed by atoms with Gasteiger partial charge < -0.3 is 20.7 Å². The lowest BCUT2D eigenvalue weighted by molar-refractivity contribution is 0.0307. The number of carbonyl (C=O) groups is 1. The van der Waals surface area contributed by atoms with E-state index < -0.39 is 0 Å². The molecule has 80 valence electrons. The van der Waals surface area contributed by atoms with E-state index in [9.17, 15) is 4.79 Å². The molecule has 1 atom stereocenters. The number of rotatable bonds is 3. The molecule has 2 aliphatic rings. The monoisotopic (exact) mass is 199 g/mol. The van der Waals surface area contributed by atoms with Crippen LogP contribution in [0.5, 0.6) is 0 Å². The van der Waals surface area contributed by atoms with E-state index in [1.54, 1.807) is 0 Å². The van der Waals surface area contributed by atoms with E-state index in [0.29, 0.717) is 12.6 Å². The second-order valence-electron chi connectivity index (χ2n) is 3.83. The summed E-state index contributed by atoms with van der Waals surface area (Å²) in [4.78, 5) is 11.2. The summed E-state index contributed by atoms with van der Waals surface area (Å²) in [5.41, 5.74) is 0. The summed E-state index contributed by atoms with van der Waals surface area (Å²) in [5, 5.41) is 8.89. The van der Waals surface area contributed by atoms with Crippen LogP contribution in [0.15, 0.2) is 0 Å². The molecule has 1 heterocycles. The van der Waals surface area contributed by atoms with Crippen LogP contribution in [0.4, 0.5) is 4.79 Å². The van der Waals surface area contributed by atoms with Gasteiger partial charge in [0.2, 0.25) is 0 Å². The second kappa shape index (κ2) is 4.61.